The summed E-state index contributed by atoms with van der Waals surface area (Å²) in [6.45, 7) is 0.751. The van der Waals surface area contributed by atoms with Crippen molar-refractivity contribution < 1.29 is 62.6 Å². The van der Waals surface area contributed by atoms with Crippen LogP contribution in [0.3, 0.4) is 0 Å². The molecular weight excluding hydrogens is 1420 g/mol. The first-order chi connectivity index (χ1) is 50.4. The van der Waals surface area contributed by atoms with E-state index in [2.05, 4.69) is 61.8 Å². The largest absolute Gasteiger partial charge is 0.395 e. The Morgan fingerprint density at radius 2 is 0.596 bits per heavy atom. The van der Waals surface area contributed by atoms with Crippen LogP contribution in [-0.2, 0) is 28.8 Å². The molecule has 9 atom stereocenters. The molecule has 35 heteroatoms. The van der Waals surface area contributed by atoms with Gasteiger partial charge in [-0.3, -0.25) is 57.5 Å². The lowest BCUT2D eigenvalue weighted by atomic mass is 10.2. The lowest BCUT2D eigenvalue weighted by Crippen LogP contribution is -2.45. The van der Waals surface area contributed by atoms with E-state index in [9.17, 15) is 62.6 Å². The van der Waals surface area contributed by atoms with E-state index in [4.69, 9.17) is 0 Å². The molecule has 7 N–H and O–H groups in total. The highest BCUT2D eigenvalue weighted by Gasteiger charge is 2.46. The number of anilines is 6. The molecule has 0 saturated carbocycles. The SMILES string of the molecule is O=C1Nc2cccc(n2)C(=O)N2CCC[C@H]2C(=O)Nc2cccc(n2)C(=O)N2C[C@H](SSCC(CO)SS[C@@H]3C[C@H]4C(=O)Nc5cccc(n5)C(=O)N5CCC[C@H]5C(=O)Nc5cccc(n5)C(=O)N5CCC[C@H]5C(=O)Nc5cccc(n5)C(=O)N4C3)C[C@H]2C(=O)Nc2cccc(n2)C(=O)N2CCC[C@@H]12. The summed E-state index contributed by atoms with van der Waals surface area (Å²) in [6.07, 6.45) is 3.59. The molecule has 6 aromatic rings. The van der Waals surface area contributed by atoms with Crippen molar-refractivity contribution in [3.63, 3.8) is 0 Å². The van der Waals surface area contributed by atoms with E-state index in [0.717, 1.165) is 0 Å². The molecule has 0 aromatic carbocycles. The maximum absolute atomic E-state index is 14.8. The fourth-order valence-electron chi connectivity index (χ4n) is 14.2. The normalized spacial score (nSPS) is 24.5. The standard InChI is InChI=1S/C69H70N18O13S4/c88-35-39(104-103-38-32-51-63(94)81-57-26-4-14-43(73-57)67(98)85-30-8-18-47(85)59(90)77-53-22-2-12-41(71-53)65(96)83-28-10-20-49(83)61(92)79-55-24-6-16-45(75-55)69(100)87(51)34-38)36-101-102-37-31-50-62(93)80-56-25-3-13-42(72-56)66(97)84-29-7-17-46(84)58(89)76-52-21-1-11-40(70-52)64(95)82-27-9-19-48(82)60(91)78-54-23-5-15-44(74-54)68(99)86(50)33-37/h1-6,11-16,21-26,37-39,46-51,88H,7-10,17-20,27-36H2,(H,70,76,89)(H,71,77,90)(H,72,80,93)(H,73,81,94)(H,74,78,91)(H,75,79,92)/t37-,38-,39?,46+,47+,48+,49+,50+,51+/m1/s1. The predicted octanol–water partition coefficient (Wildman–Crippen LogP) is 4.92. The zero-order chi connectivity index (χ0) is 72.3. The number of aliphatic hydroxyl groups excluding tert-OH is 1. The van der Waals surface area contributed by atoms with Crippen LogP contribution in [0, 0.1) is 0 Å². The molecule has 6 fully saturated rings. The quantitative estimate of drug-likeness (QED) is 0.0994. The Bertz CT molecular complexity index is 4470. The lowest BCUT2D eigenvalue weighted by Gasteiger charge is -2.25. The number of amides is 12. The van der Waals surface area contributed by atoms with Gasteiger partial charge < -0.3 is 66.4 Å². The molecule has 0 aliphatic carbocycles. The van der Waals surface area contributed by atoms with Gasteiger partial charge in [-0.2, -0.15) is 0 Å². The van der Waals surface area contributed by atoms with Crippen molar-refractivity contribution in [1.82, 2.24) is 59.3 Å². The second kappa shape index (κ2) is 31.1. The van der Waals surface area contributed by atoms with Crippen molar-refractivity contribution in [3.05, 3.63) is 143 Å². The van der Waals surface area contributed by atoms with E-state index >= 15 is 0 Å². The molecule has 14 rings (SSSR count). The average Bonchev–Trinajstić information content (AvgIpc) is 1.63. The van der Waals surface area contributed by atoms with Gasteiger partial charge in [-0.15, -0.1) is 0 Å². The molecule has 6 aromatic heterocycles. The van der Waals surface area contributed by atoms with Crippen molar-refractivity contribution in [2.24, 2.45) is 0 Å². The molecular formula is C69H70N18O13S4. The molecule has 12 bridgehead atoms. The Kier molecular flexibility index (Phi) is 21.2. The summed E-state index contributed by atoms with van der Waals surface area (Å²) in [5, 5.41) is 26.4. The first-order valence-electron chi connectivity index (χ1n) is 34.2. The number of carbonyl (C=O) groups is 12. The number of hydrogen-bond donors (Lipinski definition) is 7. The van der Waals surface area contributed by atoms with Crippen LogP contribution in [0.5, 0.6) is 0 Å². The van der Waals surface area contributed by atoms with Crippen LogP contribution in [0.2, 0.25) is 0 Å². The number of fused-ring (bicyclic) bond motifs is 18. The zero-order valence-electron chi connectivity index (χ0n) is 55.7. The van der Waals surface area contributed by atoms with Crippen molar-refractivity contribution >= 4 is 149 Å². The molecule has 538 valence electrons. The maximum atomic E-state index is 14.8. The summed E-state index contributed by atoms with van der Waals surface area (Å²) in [7, 11) is 5.54. The molecule has 14 heterocycles. The maximum Gasteiger partial charge on any atom is 0.273 e. The van der Waals surface area contributed by atoms with Gasteiger partial charge in [0.2, 0.25) is 35.4 Å². The van der Waals surface area contributed by atoms with E-state index in [0.29, 0.717) is 57.1 Å². The Labute approximate surface area is 610 Å². The Morgan fingerprint density at radius 3 is 0.865 bits per heavy atom. The Morgan fingerprint density at radius 1 is 0.346 bits per heavy atom. The number of aliphatic hydroxyl groups is 1. The van der Waals surface area contributed by atoms with E-state index in [1.165, 1.54) is 158 Å². The molecule has 1 unspecified atom stereocenters. The number of hydrogen-bond acceptors (Lipinski definition) is 23. The van der Waals surface area contributed by atoms with Crippen molar-refractivity contribution in [3.8, 4) is 0 Å². The average molecular weight is 1490 g/mol. The summed E-state index contributed by atoms with van der Waals surface area (Å²) in [5.41, 5.74) is -0.295. The lowest BCUT2D eigenvalue weighted by molar-refractivity contribution is -0.120. The van der Waals surface area contributed by atoms with Gasteiger partial charge in [-0.25, -0.2) is 29.9 Å². The molecule has 6 saturated heterocycles. The van der Waals surface area contributed by atoms with E-state index < -0.39 is 118 Å². The first-order valence-corrected chi connectivity index (χ1v) is 38.8. The molecule has 0 radical (unpaired) electrons. The van der Waals surface area contributed by atoms with Crippen LogP contribution < -0.4 is 31.9 Å². The molecule has 12 amide bonds. The number of aromatic nitrogens is 6. The minimum Gasteiger partial charge on any atom is -0.395 e. The van der Waals surface area contributed by atoms with Gasteiger partial charge in [-0.05, 0) is 137 Å². The third-order valence-electron chi connectivity index (χ3n) is 19.2. The predicted molar refractivity (Wildman–Crippen MR) is 386 cm³/mol. The number of nitrogens with one attached hydrogen (secondary N) is 6. The number of nitrogens with zero attached hydrogens (tertiary/aromatic N) is 12. The van der Waals surface area contributed by atoms with Crippen LogP contribution in [-0.4, -0.2) is 239 Å². The van der Waals surface area contributed by atoms with Gasteiger partial charge in [0.1, 0.15) is 105 Å². The topological polar surface area (TPSA) is 394 Å². The highest BCUT2D eigenvalue weighted by atomic mass is 33.1. The highest BCUT2D eigenvalue weighted by Crippen LogP contribution is 2.43. The van der Waals surface area contributed by atoms with Gasteiger partial charge in [0, 0.05) is 60.8 Å². The Hall–Kier alpha value is -10.1. The van der Waals surface area contributed by atoms with Crippen LogP contribution in [0.25, 0.3) is 0 Å². The third kappa shape index (κ3) is 15.3. The summed E-state index contributed by atoms with van der Waals surface area (Å²) in [6, 6.07) is 21.2. The van der Waals surface area contributed by atoms with E-state index in [1.807, 2.05) is 0 Å². The van der Waals surface area contributed by atoms with Crippen LogP contribution in [0.1, 0.15) is 127 Å². The van der Waals surface area contributed by atoms with Gasteiger partial charge in [0.15, 0.2) is 0 Å². The highest BCUT2D eigenvalue weighted by molar-refractivity contribution is 8.78. The fraction of sp³-hybridized carbons (Fsp3) is 0.391. The molecule has 104 heavy (non-hydrogen) atoms. The van der Waals surface area contributed by atoms with Crippen LogP contribution >= 0.6 is 43.2 Å². The molecule has 8 aliphatic heterocycles. The smallest absolute Gasteiger partial charge is 0.273 e. The third-order valence-corrected chi connectivity index (χ3v) is 25.6. The second-order valence-electron chi connectivity index (χ2n) is 26.1. The summed E-state index contributed by atoms with van der Waals surface area (Å²) in [5.74, 6) is -6.32. The van der Waals surface area contributed by atoms with E-state index in [-0.39, 0.29) is 133 Å². The monoisotopic (exact) mass is 1490 g/mol. The fourth-order valence-corrected chi connectivity index (χ4v) is 20.5. The van der Waals surface area contributed by atoms with Gasteiger partial charge in [-0.1, -0.05) is 79.6 Å². The van der Waals surface area contributed by atoms with Crippen molar-refractivity contribution in [2.75, 3.05) is 83.5 Å². The number of pyridine rings is 6. The summed E-state index contributed by atoms with van der Waals surface area (Å²) >= 11 is 0. The molecule has 8 aliphatic rings. The van der Waals surface area contributed by atoms with Crippen LogP contribution in [0.15, 0.2) is 109 Å². The minimum atomic E-state index is -1.12. The summed E-state index contributed by atoms with van der Waals surface area (Å²) < 4.78 is 0. The Balaban J connectivity index is 0.673. The number of rotatable bonds is 8. The van der Waals surface area contributed by atoms with Crippen molar-refractivity contribution in [2.45, 2.75) is 116 Å². The molecule has 0 spiro atoms. The van der Waals surface area contributed by atoms with Crippen LogP contribution in [0.4, 0.5) is 34.9 Å². The van der Waals surface area contributed by atoms with Gasteiger partial charge >= 0.3 is 0 Å². The van der Waals surface area contributed by atoms with Crippen molar-refractivity contribution in [1.29, 1.82) is 0 Å². The summed E-state index contributed by atoms with van der Waals surface area (Å²) in [4.78, 5) is 206. The minimum absolute atomic E-state index is 0.00798. The number of carbonyl (C=O) groups excluding carboxylic acids is 12. The first kappa shape index (κ1) is 70.9. The zero-order valence-corrected chi connectivity index (χ0v) is 58.9. The second-order valence-corrected chi connectivity index (χ2v) is 31.6. The van der Waals surface area contributed by atoms with Gasteiger partial charge in [0.25, 0.3) is 35.4 Å². The van der Waals surface area contributed by atoms with E-state index in [1.54, 1.807) is 24.3 Å². The van der Waals surface area contributed by atoms with Gasteiger partial charge in [0.05, 0.1) is 6.61 Å². The molecule has 31 nitrogen and oxygen atoms in total.